The number of hydrogen-bond acceptors (Lipinski definition) is 4. The number of methoxy groups -OCH3 is 1. The highest BCUT2D eigenvalue weighted by Gasteiger charge is 2.36. The first-order chi connectivity index (χ1) is 18.0. The number of rotatable bonds is 8. The molecule has 5 heteroatoms. The van der Waals surface area contributed by atoms with E-state index in [1.54, 1.807) is 7.11 Å². The molecule has 0 spiro atoms. The fourth-order valence-electron chi connectivity index (χ4n) is 6.10. The van der Waals surface area contributed by atoms with Crippen LogP contribution in [-0.2, 0) is 6.42 Å². The molecule has 2 aliphatic heterocycles. The van der Waals surface area contributed by atoms with E-state index < -0.39 is 0 Å². The van der Waals surface area contributed by atoms with Crippen molar-refractivity contribution in [2.45, 2.75) is 58.0 Å². The van der Waals surface area contributed by atoms with E-state index in [0.717, 1.165) is 50.6 Å². The predicted molar refractivity (Wildman–Crippen MR) is 153 cm³/mol. The number of piperidine rings is 1. The lowest BCUT2D eigenvalue weighted by Crippen LogP contribution is -2.56. The maximum Gasteiger partial charge on any atom is 0.139 e. The molecule has 2 aliphatic rings. The Bertz CT molecular complexity index is 1200. The molecule has 3 aromatic rings. The molecule has 37 heavy (non-hydrogen) atoms. The van der Waals surface area contributed by atoms with Gasteiger partial charge in [-0.15, -0.1) is 0 Å². The third-order valence-electron chi connectivity index (χ3n) is 8.29. The first-order valence-electron chi connectivity index (χ1n) is 13.7. The average molecular weight is 519 g/mol. The molecule has 0 bridgehead atoms. The number of nitrogens with zero attached hydrogens (tertiary/aromatic N) is 2. The molecule has 2 atom stereocenters. The number of ether oxygens (including phenoxy) is 2. The van der Waals surface area contributed by atoms with Crippen molar-refractivity contribution >= 4 is 17.3 Å². The first-order valence-corrected chi connectivity index (χ1v) is 14.0. The van der Waals surface area contributed by atoms with Crippen LogP contribution < -0.4 is 14.4 Å². The summed E-state index contributed by atoms with van der Waals surface area (Å²) in [5, 5.41) is 0.664. The standard InChI is InChI=1S/C32H39ClN2O2/c1-23-24(2)31(37-20-8-11-25-9-5-4-6-10-25)17-15-28(23)30-13-7-12-27-22-34(18-19-35(27)30)26-14-16-29(33)32(21-26)36-3/h4-6,9-10,14-17,21,27,30H,7-8,11-13,18-20,22H2,1-3H3/t27?,30-/m1/s1. The smallest absolute Gasteiger partial charge is 0.139 e. The molecular weight excluding hydrogens is 480 g/mol. The number of aryl methyl sites for hydroxylation is 1. The highest BCUT2D eigenvalue weighted by molar-refractivity contribution is 6.32. The highest BCUT2D eigenvalue weighted by Crippen LogP contribution is 2.40. The predicted octanol–water partition coefficient (Wildman–Crippen LogP) is 7.39. The topological polar surface area (TPSA) is 24.9 Å². The normalized spacial score (nSPS) is 19.9. The third kappa shape index (κ3) is 5.76. The second kappa shape index (κ2) is 11.8. The molecule has 4 nitrogen and oxygen atoms in total. The van der Waals surface area contributed by atoms with Crippen molar-refractivity contribution in [1.82, 2.24) is 4.90 Å². The molecule has 0 aliphatic carbocycles. The molecule has 1 unspecified atom stereocenters. The maximum atomic E-state index is 6.27. The van der Waals surface area contributed by atoms with Crippen molar-refractivity contribution in [2.75, 3.05) is 38.3 Å². The molecule has 196 valence electrons. The van der Waals surface area contributed by atoms with Crippen molar-refractivity contribution in [3.63, 3.8) is 0 Å². The number of hydrogen-bond donors (Lipinski definition) is 0. The Balaban J connectivity index is 1.24. The van der Waals surface area contributed by atoms with Gasteiger partial charge in [0.1, 0.15) is 11.5 Å². The monoisotopic (exact) mass is 518 g/mol. The van der Waals surface area contributed by atoms with Gasteiger partial charge in [-0.1, -0.05) is 48.0 Å². The number of piperazine rings is 1. The molecule has 2 heterocycles. The van der Waals surface area contributed by atoms with Gasteiger partial charge in [-0.2, -0.15) is 0 Å². The van der Waals surface area contributed by atoms with Crippen LogP contribution in [0.5, 0.6) is 11.5 Å². The van der Waals surface area contributed by atoms with Crippen LogP contribution in [0.2, 0.25) is 5.02 Å². The molecule has 0 N–H and O–H groups in total. The van der Waals surface area contributed by atoms with E-state index in [2.05, 4.69) is 78.2 Å². The molecule has 0 saturated carbocycles. The van der Waals surface area contributed by atoms with E-state index in [9.17, 15) is 0 Å². The summed E-state index contributed by atoms with van der Waals surface area (Å²) in [6, 6.07) is 22.4. The van der Waals surface area contributed by atoms with Gasteiger partial charge in [0, 0.05) is 43.5 Å². The number of benzene rings is 3. The minimum atomic E-state index is 0.478. The molecule has 0 amide bonds. The third-order valence-corrected chi connectivity index (χ3v) is 8.60. The Morgan fingerprint density at radius 2 is 1.76 bits per heavy atom. The zero-order chi connectivity index (χ0) is 25.8. The van der Waals surface area contributed by atoms with Crippen LogP contribution in [0.15, 0.2) is 60.7 Å². The molecule has 3 aromatic carbocycles. The Morgan fingerprint density at radius 1 is 0.919 bits per heavy atom. The highest BCUT2D eigenvalue weighted by atomic mass is 35.5. The van der Waals surface area contributed by atoms with Gasteiger partial charge in [0.25, 0.3) is 0 Å². The summed E-state index contributed by atoms with van der Waals surface area (Å²) >= 11 is 6.27. The van der Waals surface area contributed by atoms with Gasteiger partial charge in [0.15, 0.2) is 0 Å². The lowest BCUT2D eigenvalue weighted by atomic mass is 9.86. The zero-order valence-corrected chi connectivity index (χ0v) is 23.1. The van der Waals surface area contributed by atoms with E-state index in [4.69, 9.17) is 21.1 Å². The van der Waals surface area contributed by atoms with Gasteiger partial charge in [-0.25, -0.2) is 0 Å². The van der Waals surface area contributed by atoms with Crippen molar-refractivity contribution in [3.8, 4) is 11.5 Å². The Morgan fingerprint density at radius 3 is 2.57 bits per heavy atom. The summed E-state index contributed by atoms with van der Waals surface area (Å²) < 4.78 is 11.7. The van der Waals surface area contributed by atoms with Crippen LogP contribution in [0, 0.1) is 13.8 Å². The molecule has 0 radical (unpaired) electrons. The van der Waals surface area contributed by atoms with Gasteiger partial charge in [0.05, 0.1) is 18.7 Å². The first kappa shape index (κ1) is 25.9. The van der Waals surface area contributed by atoms with Gasteiger partial charge in [-0.3, -0.25) is 4.90 Å². The van der Waals surface area contributed by atoms with Crippen LogP contribution in [0.1, 0.15) is 54.0 Å². The summed E-state index contributed by atoms with van der Waals surface area (Å²) in [5.74, 6) is 1.78. The Kier molecular flexibility index (Phi) is 8.26. The van der Waals surface area contributed by atoms with Crippen molar-refractivity contribution in [2.24, 2.45) is 0 Å². The molecule has 2 fully saturated rings. The molecular formula is C32H39ClN2O2. The summed E-state index contributed by atoms with van der Waals surface area (Å²) in [6.45, 7) is 8.37. The van der Waals surface area contributed by atoms with Crippen LogP contribution in [0.25, 0.3) is 0 Å². The Labute approximate surface area is 227 Å². The fourth-order valence-corrected chi connectivity index (χ4v) is 6.30. The van der Waals surface area contributed by atoms with E-state index in [1.165, 1.54) is 47.2 Å². The van der Waals surface area contributed by atoms with Crippen molar-refractivity contribution in [3.05, 3.63) is 87.9 Å². The molecule has 5 rings (SSSR count). The van der Waals surface area contributed by atoms with E-state index in [1.807, 2.05) is 6.07 Å². The van der Waals surface area contributed by atoms with Crippen molar-refractivity contribution in [1.29, 1.82) is 0 Å². The van der Waals surface area contributed by atoms with E-state index in [0.29, 0.717) is 17.1 Å². The van der Waals surface area contributed by atoms with Crippen LogP contribution in [0.3, 0.4) is 0 Å². The molecule has 0 aromatic heterocycles. The Hall–Kier alpha value is -2.69. The molecule has 2 saturated heterocycles. The van der Waals surface area contributed by atoms with Crippen molar-refractivity contribution < 1.29 is 9.47 Å². The van der Waals surface area contributed by atoms with Crippen LogP contribution in [0.4, 0.5) is 5.69 Å². The summed E-state index contributed by atoms with van der Waals surface area (Å²) in [7, 11) is 1.68. The maximum absolute atomic E-state index is 6.27. The van der Waals surface area contributed by atoms with Gasteiger partial charge < -0.3 is 14.4 Å². The summed E-state index contributed by atoms with van der Waals surface area (Å²) in [4.78, 5) is 5.25. The number of halogens is 1. The van der Waals surface area contributed by atoms with Gasteiger partial charge >= 0.3 is 0 Å². The largest absolute Gasteiger partial charge is 0.495 e. The average Bonchev–Trinajstić information content (AvgIpc) is 2.93. The van der Waals surface area contributed by atoms with E-state index >= 15 is 0 Å². The second-order valence-electron chi connectivity index (χ2n) is 10.4. The summed E-state index contributed by atoms with van der Waals surface area (Å²) in [5.41, 5.74) is 6.71. The van der Waals surface area contributed by atoms with Gasteiger partial charge in [-0.05, 0) is 86.4 Å². The lowest BCUT2D eigenvalue weighted by Gasteiger charge is -2.49. The number of anilines is 1. The minimum Gasteiger partial charge on any atom is -0.495 e. The minimum absolute atomic E-state index is 0.478. The summed E-state index contributed by atoms with van der Waals surface area (Å²) in [6.07, 6.45) is 5.81. The van der Waals surface area contributed by atoms with Crippen LogP contribution >= 0.6 is 11.6 Å². The van der Waals surface area contributed by atoms with E-state index in [-0.39, 0.29) is 0 Å². The SMILES string of the molecule is COc1cc(N2CCN3C(CCC[C@@H]3c3ccc(OCCCc4ccccc4)c(C)c3C)C2)ccc1Cl. The second-order valence-corrected chi connectivity index (χ2v) is 10.9. The lowest BCUT2D eigenvalue weighted by molar-refractivity contribution is 0.0712. The van der Waals surface area contributed by atoms with Gasteiger partial charge in [0.2, 0.25) is 0 Å². The number of fused-ring (bicyclic) bond motifs is 1. The zero-order valence-electron chi connectivity index (χ0n) is 22.4. The quantitative estimate of drug-likeness (QED) is 0.290. The fraction of sp³-hybridized carbons (Fsp3) is 0.438. The van der Waals surface area contributed by atoms with Crippen LogP contribution in [-0.4, -0.2) is 44.3 Å².